The van der Waals surface area contributed by atoms with Gasteiger partial charge in [-0.3, -0.25) is 0 Å². The molecule has 2 aromatic heterocycles. The molecule has 3 nitrogen and oxygen atoms in total. The quantitative estimate of drug-likeness (QED) is 0.644. The molecule has 1 aromatic carbocycles. The number of rotatable bonds is 4. The summed E-state index contributed by atoms with van der Waals surface area (Å²) in [6, 6.07) is 8.56. The molecule has 0 amide bonds. The van der Waals surface area contributed by atoms with Crippen LogP contribution in [0, 0.1) is 5.82 Å². The van der Waals surface area contributed by atoms with Crippen LogP contribution >= 0.6 is 11.6 Å². The van der Waals surface area contributed by atoms with Crippen LogP contribution in [-0.2, 0) is 6.42 Å². The number of alkyl halides is 1. The highest BCUT2D eigenvalue weighted by Gasteiger charge is 2.20. The topological polar surface area (TPSA) is 31.0 Å². The van der Waals surface area contributed by atoms with E-state index in [1.54, 1.807) is 12.3 Å². The first kappa shape index (κ1) is 14.1. The molecule has 3 aromatic rings. The number of nitrogens with zero attached hydrogens (tertiary/aromatic N) is 2. The van der Waals surface area contributed by atoms with E-state index in [0.29, 0.717) is 5.52 Å². The molecule has 0 spiro atoms. The van der Waals surface area contributed by atoms with Gasteiger partial charge in [-0.2, -0.15) is 0 Å². The minimum atomic E-state index is -0.292. The highest BCUT2D eigenvalue weighted by molar-refractivity contribution is 6.20. The van der Waals surface area contributed by atoms with E-state index in [9.17, 15) is 4.39 Å². The standard InChI is InChI=1S/C16H16ClFN2O/c1-10(8-13-4-3-7-21-13)20-15-6-5-12(18)9-14(15)19-16(20)11(2)17/h3-7,9-11H,8H2,1-2H3. The second-order valence-corrected chi connectivity index (χ2v) is 5.88. The summed E-state index contributed by atoms with van der Waals surface area (Å²) < 4.78 is 20.9. The van der Waals surface area contributed by atoms with E-state index in [1.165, 1.54) is 12.1 Å². The smallest absolute Gasteiger partial charge is 0.127 e. The summed E-state index contributed by atoms with van der Waals surface area (Å²) in [5.74, 6) is 1.36. The Balaban J connectivity index is 2.08. The SMILES string of the molecule is CC(Cl)c1nc2cc(F)ccc2n1C(C)Cc1ccco1. The maximum atomic E-state index is 13.4. The molecule has 110 valence electrons. The molecule has 5 heteroatoms. The average molecular weight is 307 g/mol. The van der Waals surface area contributed by atoms with Gasteiger partial charge in [0.25, 0.3) is 0 Å². The second kappa shape index (κ2) is 5.53. The third-order valence-electron chi connectivity index (χ3n) is 3.55. The molecular formula is C16H16ClFN2O. The predicted octanol–water partition coefficient (Wildman–Crippen LogP) is 4.87. The molecule has 0 radical (unpaired) electrons. The Labute approximate surface area is 127 Å². The maximum Gasteiger partial charge on any atom is 0.127 e. The molecule has 2 atom stereocenters. The Kier molecular flexibility index (Phi) is 3.72. The lowest BCUT2D eigenvalue weighted by Crippen LogP contribution is -2.12. The Morgan fingerprint density at radius 3 is 2.81 bits per heavy atom. The Morgan fingerprint density at radius 2 is 2.14 bits per heavy atom. The van der Waals surface area contributed by atoms with Gasteiger partial charge in [0.15, 0.2) is 0 Å². The van der Waals surface area contributed by atoms with Gasteiger partial charge in [0, 0.05) is 18.5 Å². The van der Waals surface area contributed by atoms with Crippen LogP contribution in [0.15, 0.2) is 41.0 Å². The van der Waals surface area contributed by atoms with Crippen LogP contribution in [-0.4, -0.2) is 9.55 Å². The van der Waals surface area contributed by atoms with Crippen molar-refractivity contribution in [2.75, 3.05) is 0 Å². The van der Waals surface area contributed by atoms with Crippen molar-refractivity contribution < 1.29 is 8.81 Å². The number of fused-ring (bicyclic) bond motifs is 1. The molecule has 0 bridgehead atoms. The number of hydrogen-bond acceptors (Lipinski definition) is 2. The summed E-state index contributed by atoms with van der Waals surface area (Å²) in [4.78, 5) is 4.48. The van der Waals surface area contributed by atoms with E-state index in [0.717, 1.165) is 23.5 Å². The van der Waals surface area contributed by atoms with Crippen molar-refractivity contribution in [1.82, 2.24) is 9.55 Å². The Morgan fingerprint density at radius 1 is 1.33 bits per heavy atom. The van der Waals surface area contributed by atoms with Gasteiger partial charge in [0.05, 0.1) is 22.7 Å². The molecule has 0 fully saturated rings. The van der Waals surface area contributed by atoms with Crippen LogP contribution in [0.1, 0.15) is 36.9 Å². The zero-order valence-electron chi connectivity index (χ0n) is 11.9. The van der Waals surface area contributed by atoms with Crippen LogP contribution in [0.2, 0.25) is 0 Å². The summed E-state index contributed by atoms with van der Waals surface area (Å²) in [5.41, 5.74) is 1.52. The molecular weight excluding hydrogens is 291 g/mol. The van der Waals surface area contributed by atoms with Crippen LogP contribution < -0.4 is 0 Å². The lowest BCUT2D eigenvalue weighted by atomic mass is 10.1. The predicted molar refractivity (Wildman–Crippen MR) is 81.1 cm³/mol. The van der Waals surface area contributed by atoms with Crippen LogP contribution in [0.5, 0.6) is 0 Å². The van der Waals surface area contributed by atoms with Crippen LogP contribution in [0.25, 0.3) is 11.0 Å². The molecule has 3 rings (SSSR count). The largest absolute Gasteiger partial charge is 0.469 e. The summed E-state index contributed by atoms with van der Waals surface area (Å²) >= 11 is 6.24. The molecule has 0 saturated carbocycles. The van der Waals surface area contributed by atoms with Gasteiger partial charge in [-0.05, 0) is 38.1 Å². The van der Waals surface area contributed by atoms with Gasteiger partial charge in [-0.1, -0.05) is 0 Å². The van der Waals surface area contributed by atoms with E-state index in [1.807, 2.05) is 19.1 Å². The zero-order valence-corrected chi connectivity index (χ0v) is 12.6. The van der Waals surface area contributed by atoms with Crippen molar-refractivity contribution in [2.45, 2.75) is 31.7 Å². The van der Waals surface area contributed by atoms with Crippen LogP contribution in [0.3, 0.4) is 0 Å². The van der Waals surface area contributed by atoms with Crippen molar-refractivity contribution in [3.05, 3.63) is 54.0 Å². The van der Waals surface area contributed by atoms with Gasteiger partial charge in [-0.25, -0.2) is 9.37 Å². The first-order chi connectivity index (χ1) is 10.1. The van der Waals surface area contributed by atoms with Crippen molar-refractivity contribution in [1.29, 1.82) is 0 Å². The van der Waals surface area contributed by atoms with E-state index >= 15 is 0 Å². The zero-order chi connectivity index (χ0) is 15.0. The van der Waals surface area contributed by atoms with E-state index in [4.69, 9.17) is 16.0 Å². The van der Waals surface area contributed by atoms with E-state index in [-0.39, 0.29) is 17.2 Å². The van der Waals surface area contributed by atoms with E-state index < -0.39 is 0 Å². The molecule has 21 heavy (non-hydrogen) atoms. The fourth-order valence-electron chi connectivity index (χ4n) is 2.65. The van der Waals surface area contributed by atoms with Gasteiger partial charge in [-0.15, -0.1) is 11.6 Å². The monoisotopic (exact) mass is 306 g/mol. The number of benzene rings is 1. The minimum absolute atomic E-state index is 0.114. The summed E-state index contributed by atoms with van der Waals surface area (Å²) in [6.07, 6.45) is 2.39. The lowest BCUT2D eigenvalue weighted by molar-refractivity contribution is 0.447. The molecule has 0 aliphatic heterocycles. The molecule has 0 aliphatic carbocycles. The summed E-state index contributed by atoms with van der Waals surface area (Å²) in [7, 11) is 0. The normalized spacial score (nSPS) is 14.5. The molecule has 2 heterocycles. The second-order valence-electron chi connectivity index (χ2n) is 5.22. The molecule has 0 N–H and O–H groups in total. The van der Waals surface area contributed by atoms with Gasteiger partial charge >= 0.3 is 0 Å². The van der Waals surface area contributed by atoms with Crippen molar-refractivity contribution in [2.24, 2.45) is 0 Å². The average Bonchev–Trinajstić information content (AvgIpc) is 3.04. The number of aromatic nitrogens is 2. The van der Waals surface area contributed by atoms with Crippen molar-refractivity contribution in [3.63, 3.8) is 0 Å². The first-order valence-electron chi connectivity index (χ1n) is 6.90. The summed E-state index contributed by atoms with van der Waals surface area (Å²) in [6.45, 7) is 3.95. The lowest BCUT2D eigenvalue weighted by Gasteiger charge is -2.17. The Hall–Kier alpha value is -1.81. The number of hydrogen-bond donors (Lipinski definition) is 0. The third-order valence-corrected chi connectivity index (χ3v) is 3.75. The van der Waals surface area contributed by atoms with Crippen LogP contribution in [0.4, 0.5) is 4.39 Å². The van der Waals surface area contributed by atoms with Crippen molar-refractivity contribution in [3.8, 4) is 0 Å². The van der Waals surface area contributed by atoms with E-state index in [2.05, 4.69) is 16.5 Å². The fraction of sp³-hybridized carbons (Fsp3) is 0.312. The highest BCUT2D eigenvalue weighted by Crippen LogP contribution is 2.29. The van der Waals surface area contributed by atoms with Gasteiger partial charge in [0.2, 0.25) is 0 Å². The number of halogens is 2. The van der Waals surface area contributed by atoms with Crippen molar-refractivity contribution >= 4 is 22.6 Å². The number of furan rings is 1. The fourth-order valence-corrected chi connectivity index (χ4v) is 2.80. The molecule has 0 aliphatic rings. The van der Waals surface area contributed by atoms with Gasteiger partial charge < -0.3 is 8.98 Å². The summed E-state index contributed by atoms with van der Waals surface area (Å²) in [5, 5.41) is -0.250. The highest BCUT2D eigenvalue weighted by atomic mass is 35.5. The van der Waals surface area contributed by atoms with Gasteiger partial charge in [0.1, 0.15) is 17.4 Å². The minimum Gasteiger partial charge on any atom is -0.469 e. The third kappa shape index (κ3) is 2.68. The molecule has 0 saturated heterocycles. The first-order valence-corrected chi connectivity index (χ1v) is 7.33. The number of imidazole rings is 1. The maximum absolute atomic E-state index is 13.4. The molecule has 2 unspecified atom stereocenters. The Bertz CT molecular complexity index is 749.